The number of aliphatic hydroxyl groups is 1. The fraction of sp³-hybridized carbons (Fsp3) is 0.571. The molecule has 1 N–H and O–H groups in total. The zero-order chi connectivity index (χ0) is 14.4. The molecule has 0 bridgehead atoms. The predicted molar refractivity (Wildman–Crippen MR) is 65.3 cm³/mol. The van der Waals surface area contributed by atoms with Gasteiger partial charge in [-0.15, -0.1) is 0 Å². The molecule has 1 aromatic carbocycles. The van der Waals surface area contributed by atoms with Gasteiger partial charge in [0.2, 0.25) is 0 Å². The summed E-state index contributed by atoms with van der Waals surface area (Å²) in [6, 6.07) is 3.17. The van der Waals surface area contributed by atoms with E-state index in [0.717, 1.165) is 32.0 Å². The van der Waals surface area contributed by atoms with Crippen LogP contribution in [0.1, 0.15) is 45.7 Å². The molecule has 1 rings (SSSR count). The van der Waals surface area contributed by atoms with Crippen molar-refractivity contribution in [2.75, 3.05) is 0 Å². The highest BCUT2D eigenvalue weighted by molar-refractivity contribution is 5.33. The molecule has 0 aliphatic rings. The van der Waals surface area contributed by atoms with Gasteiger partial charge in [-0.05, 0) is 37.0 Å². The first-order valence-electron chi connectivity index (χ1n) is 5.78. The number of benzene rings is 1. The number of rotatable bonds is 2. The Morgan fingerprint density at radius 2 is 1.50 bits per heavy atom. The minimum absolute atomic E-state index is 0.212. The van der Waals surface area contributed by atoms with Crippen molar-refractivity contribution in [3.8, 4) is 0 Å². The van der Waals surface area contributed by atoms with Gasteiger partial charge in [-0.25, -0.2) is 4.39 Å². The van der Waals surface area contributed by atoms with Crippen LogP contribution in [0.5, 0.6) is 0 Å². The Bertz CT molecular complexity index is 439. The molecule has 0 aliphatic heterocycles. The molecule has 0 aromatic heterocycles. The smallest absolute Gasteiger partial charge is 0.300 e. The first-order valence-corrected chi connectivity index (χ1v) is 5.78. The maximum atomic E-state index is 14.0. The van der Waals surface area contributed by atoms with E-state index in [1.165, 1.54) is 0 Å². The van der Waals surface area contributed by atoms with Crippen molar-refractivity contribution in [1.82, 2.24) is 0 Å². The summed E-state index contributed by atoms with van der Waals surface area (Å²) in [6.45, 7) is 7.31. The van der Waals surface area contributed by atoms with E-state index in [1.807, 2.05) is 0 Å². The SMILES string of the molecule is CC(C)(C)c1cc(C(F)(F)C(C)(C)O)ccc1F. The van der Waals surface area contributed by atoms with Crippen LogP contribution < -0.4 is 0 Å². The topological polar surface area (TPSA) is 20.2 Å². The van der Waals surface area contributed by atoms with Crippen LogP contribution in [0.4, 0.5) is 13.2 Å². The first kappa shape index (κ1) is 15.0. The van der Waals surface area contributed by atoms with Crippen LogP contribution in [0.15, 0.2) is 18.2 Å². The summed E-state index contributed by atoms with van der Waals surface area (Å²) in [5.41, 5.74) is -2.93. The van der Waals surface area contributed by atoms with Crippen molar-refractivity contribution >= 4 is 0 Å². The minimum atomic E-state index is -3.43. The molecule has 0 radical (unpaired) electrons. The second kappa shape index (κ2) is 4.26. The van der Waals surface area contributed by atoms with E-state index in [-0.39, 0.29) is 11.1 Å². The maximum absolute atomic E-state index is 14.0. The molecule has 0 heterocycles. The summed E-state index contributed by atoms with van der Waals surface area (Å²) in [6.07, 6.45) is 0. The van der Waals surface area contributed by atoms with Crippen molar-refractivity contribution in [2.45, 2.75) is 51.6 Å². The molecule has 102 valence electrons. The van der Waals surface area contributed by atoms with E-state index in [0.29, 0.717) is 0 Å². The van der Waals surface area contributed by atoms with Crippen molar-refractivity contribution in [1.29, 1.82) is 0 Å². The Kier molecular flexibility index (Phi) is 3.56. The molecule has 4 heteroatoms. The molecule has 0 unspecified atom stereocenters. The summed E-state index contributed by atoms with van der Waals surface area (Å²) in [5.74, 6) is -3.95. The zero-order valence-electron chi connectivity index (χ0n) is 11.3. The van der Waals surface area contributed by atoms with E-state index in [1.54, 1.807) is 20.8 Å². The van der Waals surface area contributed by atoms with Gasteiger partial charge in [0, 0.05) is 5.56 Å². The van der Waals surface area contributed by atoms with Gasteiger partial charge in [0.1, 0.15) is 11.4 Å². The largest absolute Gasteiger partial charge is 0.384 e. The molecule has 0 saturated heterocycles. The third-order valence-electron chi connectivity index (χ3n) is 2.91. The van der Waals surface area contributed by atoms with E-state index in [4.69, 9.17) is 0 Å². The van der Waals surface area contributed by atoms with Crippen LogP contribution in [-0.2, 0) is 11.3 Å². The molecule has 18 heavy (non-hydrogen) atoms. The zero-order valence-corrected chi connectivity index (χ0v) is 11.3. The highest BCUT2D eigenvalue weighted by Gasteiger charge is 2.47. The Labute approximate surface area is 106 Å². The highest BCUT2D eigenvalue weighted by atomic mass is 19.3. The van der Waals surface area contributed by atoms with E-state index >= 15 is 0 Å². The number of hydrogen-bond donors (Lipinski definition) is 1. The standard InChI is InChI=1S/C14H19F3O/c1-12(2,3)10-8-9(6-7-11(10)15)14(16,17)13(4,5)18/h6-8,18H,1-5H3. The third kappa shape index (κ3) is 2.69. The summed E-state index contributed by atoms with van der Waals surface area (Å²) < 4.78 is 41.6. The van der Waals surface area contributed by atoms with Gasteiger partial charge in [0.25, 0.3) is 0 Å². The van der Waals surface area contributed by atoms with Gasteiger partial charge in [-0.2, -0.15) is 8.78 Å². The quantitative estimate of drug-likeness (QED) is 0.852. The average Bonchev–Trinajstić information content (AvgIpc) is 2.14. The van der Waals surface area contributed by atoms with Crippen LogP contribution in [0.25, 0.3) is 0 Å². The van der Waals surface area contributed by atoms with Crippen molar-refractivity contribution in [3.63, 3.8) is 0 Å². The molecule has 0 fully saturated rings. The first-order chi connectivity index (χ1) is 7.87. The number of alkyl halides is 2. The molecule has 1 nitrogen and oxygen atoms in total. The maximum Gasteiger partial charge on any atom is 0.300 e. The fourth-order valence-electron chi connectivity index (χ4n) is 1.65. The number of halogens is 3. The van der Waals surface area contributed by atoms with Crippen LogP contribution >= 0.6 is 0 Å². The van der Waals surface area contributed by atoms with E-state index < -0.39 is 22.8 Å². The second-order valence-corrected chi connectivity index (χ2v) is 6.08. The summed E-state index contributed by atoms with van der Waals surface area (Å²) >= 11 is 0. The molecule has 0 aliphatic carbocycles. The fourth-order valence-corrected chi connectivity index (χ4v) is 1.65. The molecule has 1 aromatic rings. The van der Waals surface area contributed by atoms with Gasteiger partial charge >= 0.3 is 5.92 Å². The Hall–Kier alpha value is -1.03. The average molecular weight is 260 g/mol. The van der Waals surface area contributed by atoms with Crippen molar-refractivity contribution < 1.29 is 18.3 Å². The monoisotopic (exact) mass is 260 g/mol. The highest BCUT2D eigenvalue weighted by Crippen LogP contribution is 2.40. The normalized spacial score (nSPS) is 13.8. The third-order valence-corrected chi connectivity index (χ3v) is 2.91. The Balaban J connectivity index is 3.38. The molecule has 0 spiro atoms. The lowest BCUT2D eigenvalue weighted by Crippen LogP contribution is -2.40. The summed E-state index contributed by atoms with van der Waals surface area (Å²) in [7, 11) is 0. The molecule has 0 saturated carbocycles. The lowest BCUT2D eigenvalue weighted by atomic mass is 9.83. The van der Waals surface area contributed by atoms with Gasteiger partial charge in [0.05, 0.1) is 0 Å². The Morgan fingerprint density at radius 3 is 1.89 bits per heavy atom. The van der Waals surface area contributed by atoms with Gasteiger partial charge in [-0.3, -0.25) is 0 Å². The Morgan fingerprint density at radius 1 is 1.00 bits per heavy atom. The van der Waals surface area contributed by atoms with Gasteiger partial charge in [-0.1, -0.05) is 26.8 Å². The van der Waals surface area contributed by atoms with Crippen molar-refractivity contribution in [2.24, 2.45) is 0 Å². The minimum Gasteiger partial charge on any atom is -0.384 e. The van der Waals surface area contributed by atoms with Crippen LogP contribution in [0, 0.1) is 5.82 Å². The molecule has 0 amide bonds. The summed E-state index contributed by atoms with van der Waals surface area (Å²) in [5, 5.41) is 9.52. The van der Waals surface area contributed by atoms with Gasteiger partial charge < -0.3 is 5.11 Å². The lowest BCUT2D eigenvalue weighted by molar-refractivity contribution is -0.168. The lowest BCUT2D eigenvalue weighted by Gasteiger charge is -2.30. The van der Waals surface area contributed by atoms with E-state index in [2.05, 4.69) is 0 Å². The van der Waals surface area contributed by atoms with Crippen molar-refractivity contribution in [3.05, 3.63) is 35.1 Å². The molecule has 0 atom stereocenters. The van der Waals surface area contributed by atoms with Crippen LogP contribution in [0.2, 0.25) is 0 Å². The second-order valence-electron chi connectivity index (χ2n) is 6.08. The molecular weight excluding hydrogens is 241 g/mol. The summed E-state index contributed by atoms with van der Waals surface area (Å²) in [4.78, 5) is 0. The van der Waals surface area contributed by atoms with E-state index in [9.17, 15) is 18.3 Å². The number of hydrogen-bond acceptors (Lipinski definition) is 1. The van der Waals surface area contributed by atoms with Gasteiger partial charge in [0.15, 0.2) is 0 Å². The van der Waals surface area contributed by atoms with Crippen LogP contribution in [-0.4, -0.2) is 10.7 Å². The molecular formula is C14H19F3O. The predicted octanol–water partition coefficient (Wildman–Crippen LogP) is 3.99. The van der Waals surface area contributed by atoms with Crippen LogP contribution in [0.3, 0.4) is 0 Å².